The predicted octanol–water partition coefficient (Wildman–Crippen LogP) is 2.21. The van der Waals surface area contributed by atoms with Gasteiger partial charge in [-0.2, -0.15) is 0 Å². The largest absolute Gasteiger partial charge is 0.486 e. The first-order valence-electron chi connectivity index (χ1n) is 4.39. The molecule has 1 heterocycles. The van der Waals surface area contributed by atoms with Crippen molar-refractivity contribution in [1.82, 2.24) is 0 Å². The van der Waals surface area contributed by atoms with E-state index in [2.05, 4.69) is 0 Å². The SMILES string of the molecule is O=Cc1cc(C(F)F)cc2c1OCCO2. The van der Waals surface area contributed by atoms with E-state index in [1.54, 1.807) is 0 Å². The Morgan fingerprint density at radius 2 is 2.00 bits per heavy atom. The lowest BCUT2D eigenvalue weighted by molar-refractivity contribution is 0.111. The van der Waals surface area contributed by atoms with Gasteiger partial charge in [0.05, 0.1) is 5.56 Å². The highest BCUT2D eigenvalue weighted by Gasteiger charge is 2.20. The molecule has 0 bridgehead atoms. The zero-order valence-electron chi connectivity index (χ0n) is 7.70. The van der Waals surface area contributed by atoms with Crippen LogP contribution in [0, 0.1) is 0 Å². The first kappa shape index (κ1) is 9.89. The van der Waals surface area contributed by atoms with E-state index in [0.29, 0.717) is 19.5 Å². The number of benzene rings is 1. The minimum Gasteiger partial charge on any atom is -0.486 e. The molecule has 0 aliphatic carbocycles. The average molecular weight is 214 g/mol. The van der Waals surface area contributed by atoms with Crippen molar-refractivity contribution in [3.05, 3.63) is 23.3 Å². The molecular formula is C10H8F2O3. The fourth-order valence-electron chi connectivity index (χ4n) is 1.42. The van der Waals surface area contributed by atoms with E-state index in [1.165, 1.54) is 6.07 Å². The zero-order valence-corrected chi connectivity index (χ0v) is 7.70. The third-order valence-corrected chi connectivity index (χ3v) is 2.07. The summed E-state index contributed by atoms with van der Waals surface area (Å²) in [6, 6.07) is 2.32. The molecule has 0 saturated heterocycles. The molecule has 1 aliphatic heterocycles. The Labute approximate surface area is 84.6 Å². The summed E-state index contributed by atoms with van der Waals surface area (Å²) in [5.74, 6) is 0.460. The molecule has 5 heteroatoms. The van der Waals surface area contributed by atoms with Crippen LogP contribution in [0.25, 0.3) is 0 Å². The highest BCUT2D eigenvalue weighted by molar-refractivity contribution is 5.82. The van der Waals surface area contributed by atoms with E-state index >= 15 is 0 Å². The molecule has 80 valence electrons. The number of halogens is 2. The molecule has 0 atom stereocenters. The molecule has 1 aromatic rings. The van der Waals surface area contributed by atoms with Gasteiger partial charge in [0, 0.05) is 5.56 Å². The van der Waals surface area contributed by atoms with Crippen LogP contribution in [-0.2, 0) is 0 Å². The second-order valence-corrected chi connectivity index (χ2v) is 3.05. The Balaban J connectivity index is 2.52. The molecule has 2 rings (SSSR count). The summed E-state index contributed by atoms with van der Waals surface area (Å²) >= 11 is 0. The molecule has 0 aromatic heterocycles. The molecule has 0 unspecified atom stereocenters. The number of carbonyl (C=O) groups is 1. The van der Waals surface area contributed by atoms with E-state index in [0.717, 1.165) is 6.07 Å². The molecule has 1 aliphatic rings. The maximum absolute atomic E-state index is 12.4. The lowest BCUT2D eigenvalue weighted by Crippen LogP contribution is -2.17. The first-order valence-corrected chi connectivity index (χ1v) is 4.39. The Bertz CT molecular complexity index is 390. The number of fused-ring (bicyclic) bond motifs is 1. The van der Waals surface area contributed by atoms with Gasteiger partial charge in [-0.15, -0.1) is 0 Å². The summed E-state index contributed by atoms with van der Waals surface area (Å²) in [6.45, 7) is 0.625. The van der Waals surface area contributed by atoms with Gasteiger partial charge in [-0.05, 0) is 12.1 Å². The zero-order chi connectivity index (χ0) is 10.8. The van der Waals surface area contributed by atoms with E-state index in [-0.39, 0.29) is 22.6 Å². The monoisotopic (exact) mass is 214 g/mol. The fraction of sp³-hybridized carbons (Fsp3) is 0.300. The van der Waals surface area contributed by atoms with Gasteiger partial charge in [0.15, 0.2) is 17.8 Å². The Hall–Kier alpha value is -1.65. The third kappa shape index (κ3) is 1.77. The van der Waals surface area contributed by atoms with Gasteiger partial charge in [-0.3, -0.25) is 4.79 Å². The maximum atomic E-state index is 12.4. The minimum atomic E-state index is -2.63. The van der Waals surface area contributed by atoms with Crippen LogP contribution in [0.1, 0.15) is 22.3 Å². The Morgan fingerprint density at radius 3 is 2.67 bits per heavy atom. The van der Waals surface area contributed by atoms with Crippen molar-refractivity contribution in [2.75, 3.05) is 13.2 Å². The Morgan fingerprint density at radius 1 is 1.27 bits per heavy atom. The van der Waals surface area contributed by atoms with Crippen LogP contribution in [0.15, 0.2) is 12.1 Å². The Kier molecular flexibility index (Phi) is 2.53. The van der Waals surface area contributed by atoms with Crippen molar-refractivity contribution < 1.29 is 23.0 Å². The molecule has 1 aromatic carbocycles. The number of hydrogen-bond donors (Lipinski definition) is 0. The van der Waals surface area contributed by atoms with Gasteiger partial charge >= 0.3 is 0 Å². The van der Waals surface area contributed by atoms with Crippen LogP contribution < -0.4 is 9.47 Å². The van der Waals surface area contributed by atoms with E-state index in [4.69, 9.17) is 9.47 Å². The minimum absolute atomic E-state index is 0.0995. The molecule has 0 N–H and O–H groups in total. The average Bonchev–Trinajstić information content (AvgIpc) is 2.27. The van der Waals surface area contributed by atoms with Crippen molar-refractivity contribution in [2.24, 2.45) is 0 Å². The molecule has 0 saturated carbocycles. The lowest BCUT2D eigenvalue weighted by atomic mass is 10.1. The number of alkyl halides is 2. The molecular weight excluding hydrogens is 206 g/mol. The second-order valence-electron chi connectivity index (χ2n) is 3.05. The molecule has 3 nitrogen and oxygen atoms in total. The van der Waals surface area contributed by atoms with Crippen molar-refractivity contribution in [1.29, 1.82) is 0 Å². The highest BCUT2D eigenvalue weighted by atomic mass is 19.3. The molecule has 0 fully saturated rings. The van der Waals surface area contributed by atoms with Crippen molar-refractivity contribution in [3.8, 4) is 11.5 Å². The highest BCUT2D eigenvalue weighted by Crippen LogP contribution is 2.36. The predicted molar refractivity (Wildman–Crippen MR) is 47.8 cm³/mol. The number of carbonyl (C=O) groups excluding carboxylic acids is 1. The van der Waals surface area contributed by atoms with Crippen LogP contribution in [0.5, 0.6) is 11.5 Å². The van der Waals surface area contributed by atoms with Crippen molar-refractivity contribution in [2.45, 2.75) is 6.43 Å². The topological polar surface area (TPSA) is 35.5 Å². The van der Waals surface area contributed by atoms with E-state index in [9.17, 15) is 13.6 Å². The summed E-state index contributed by atoms with van der Waals surface area (Å²) in [6.07, 6.45) is -2.14. The molecule has 0 spiro atoms. The van der Waals surface area contributed by atoms with Gasteiger partial charge in [-0.25, -0.2) is 8.78 Å². The van der Waals surface area contributed by atoms with Crippen molar-refractivity contribution in [3.63, 3.8) is 0 Å². The van der Waals surface area contributed by atoms with E-state index in [1.807, 2.05) is 0 Å². The normalized spacial score (nSPS) is 14.1. The lowest BCUT2D eigenvalue weighted by Gasteiger charge is -2.20. The standard InChI is InChI=1S/C10H8F2O3/c11-10(12)6-3-7(5-13)9-8(4-6)14-1-2-15-9/h3-5,10H,1-2H2. The van der Waals surface area contributed by atoms with Crippen LogP contribution in [-0.4, -0.2) is 19.5 Å². The summed E-state index contributed by atoms with van der Waals surface area (Å²) in [7, 11) is 0. The quantitative estimate of drug-likeness (QED) is 0.708. The summed E-state index contributed by atoms with van der Waals surface area (Å²) in [5, 5.41) is 0. The molecule has 0 radical (unpaired) electrons. The number of hydrogen-bond acceptors (Lipinski definition) is 3. The summed E-state index contributed by atoms with van der Waals surface area (Å²) in [5.41, 5.74) is -0.135. The van der Waals surface area contributed by atoms with Crippen LogP contribution in [0.3, 0.4) is 0 Å². The number of ether oxygens (including phenoxy) is 2. The van der Waals surface area contributed by atoms with Crippen LogP contribution >= 0.6 is 0 Å². The fourth-order valence-corrected chi connectivity index (χ4v) is 1.42. The van der Waals surface area contributed by atoms with Crippen molar-refractivity contribution >= 4 is 6.29 Å². The van der Waals surface area contributed by atoms with Crippen LogP contribution in [0.4, 0.5) is 8.78 Å². The number of aldehydes is 1. The van der Waals surface area contributed by atoms with Gasteiger partial charge in [0.2, 0.25) is 0 Å². The third-order valence-electron chi connectivity index (χ3n) is 2.07. The smallest absolute Gasteiger partial charge is 0.264 e. The van der Waals surface area contributed by atoms with E-state index < -0.39 is 6.43 Å². The summed E-state index contributed by atoms with van der Waals surface area (Å²) < 4.78 is 35.2. The summed E-state index contributed by atoms with van der Waals surface area (Å²) in [4.78, 5) is 10.7. The molecule has 15 heavy (non-hydrogen) atoms. The molecule has 0 amide bonds. The van der Waals surface area contributed by atoms with Gasteiger partial charge in [0.25, 0.3) is 6.43 Å². The van der Waals surface area contributed by atoms with Gasteiger partial charge in [0.1, 0.15) is 13.2 Å². The maximum Gasteiger partial charge on any atom is 0.264 e. The van der Waals surface area contributed by atoms with Crippen LogP contribution in [0.2, 0.25) is 0 Å². The van der Waals surface area contributed by atoms with Gasteiger partial charge in [-0.1, -0.05) is 0 Å². The van der Waals surface area contributed by atoms with Gasteiger partial charge < -0.3 is 9.47 Å². The number of rotatable bonds is 2. The second kappa shape index (κ2) is 3.84. The first-order chi connectivity index (χ1) is 7.22.